The first-order chi connectivity index (χ1) is 16.6. The lowest BCUT2D eigenvalue weighted by Crippen LogP contribution is -2.48. The number of piperazine rings is 1. The molecule has 1 heterocycles. The molecule has 0 atom stereocenters. The topological polar surface area (TPSA) is 35.6 Å². The zero-order chi connectivity index (χ0) is 23.8. The minimum atomic E-state index is -0.00165. The maximum absolute atomic E-state index is 12.6. The fraction of sp³-hybridized carbons (Fsp3) is 0.345. The first-order valence-corrected chi connectivity index (χ1v) is 12.6. The molecule has 4 nitrogen and oxygen atoms in total. The molecule has 4 rings (SSSR count). The second-order valence-corrected chi connectivity index (χ2v) is 9.52. The van der Waals surface area contributed by atoms with Gasteiger partial charge in [-0.25, -0.2) is 0 Å². The van der Waals surface area contributed by atoms with Crippen LogP contribution in [0.5, 0.6) is 0 Å². The van der Waals surface area contributed by atoms with E-state index in [1.807, 2.05) is 25.1 Å². The van der Waals surface area contributed by atoms with Gasteiger partial charge in [0.15, 0.2) is 0 Å². The molecule has 7 heteroatoms. The third kappa shape index (κ3) is 8.50. The van der Waals surface area contributed by atoms with E-state index in [2.05, 4.69) is 75.8 Å². The van der Waals surface area contributed by atoms with Crippen LogP contribution in [0.25, 0.3) is 0 Å². The number of para-hydroxylation sites is 1. The molecule has 1 aliphatic rings. The van der Waals surface area contributed by atoms with Gasteiger partial charge in [-0.2, -0.15) is 0 Å². The van der Waals surface area contributed by atoms with Gasteiger partial charge < -0.3 is 10.2 Å². The van der Waals surface area contributed by atoms with Crippen molar-refractivity contribution in [2.24, 2.45) is 0 Å². The number of halogens is 3. The van der Waals surface area contributed by atoms with Crippen molar-refractivity contribution < 1.29 is 4.79 Å². The number of nitrogens with one attached hydrogen (secondary N) is 1. The summed E-state index contributed by atoms with van der Waals surface area (Å²) >= 11 is 6.25. The zero-order valence-corrected chi connectivity index (χ0v) is 23.1. The van der Waals surface area contributed by atoms with Crippen molar-refractivity contribution in [3.8, 4) is 0 Å². The van der Waals surface area contributed by atoms with E-state index < -0.39 is 0 Å². The van der Waals surface area contributed by atoms with Gasteiger partial charge in [0.1, 0.15) is 0 Å². The Hall–Kier alpha value is -2.08. The van der Waals surface area contributed by atoms with Gasteiger partial charge in [-0.15, -0.1) is 24.8 Å². The number of aryl methyl sites for hydroxylation is 1. The van der Waals surface area contributed by atoms with Gasteiger partial charge in [-0.05, 0) is 49.1 Å². The Kier molecular flexibility index (Phi) is 12.8. The van der Waals surface area contributed by atoms with Crippen molar-refractivity contribution in [1.82, 2.24) is 9.80 Å². The Morgan fingerprint density at radius 1 is 0.833 bits per heavy atom. The SMILES string of the molecule is Cc1cccc(Cl)c1NC(=O)CN1CCN(CCCC(c2ccccc2)c2ccccc2)CC1.Cl.Cl. The molecule has 36 heavy (non-hydrogen) atoms. The fourth-order valence-corrected chi connectivity index (χ4v) is 5.03. The van der Waals surface area contributed by atoms with Crippen LogP contribution in [-0.4, -0.2) is 55.0 Å². The molecule has 0 radical (unpaired) electrons. The Morgan fingerprint density at radius 3 is 1.94 bits per heavy atom. The number of benzene rings is 3. The molecule has 0 saturated carbocycles. The lowest BCUT2D eigenvalue weighted by Gasteiger charge is -2.34. The molecular formula is C29H36Cl3N3O. The molecule has 0 spiro atoms. The molecule has 3 aromatic rings. The number of hydrogen-bond acceptors (Lipinski definition) is 3. The summed E-state index contributed by atoms with van der Waals surface area (Å²) in [5.74, 6) is 0.430. The Morgan fingerprint density at radius 2 is 1.39 bits per heavy atom. The summed E-state index contributed by atoms with van der Waals surface area (Å²) < 4.78 is 0. The van der Waals surface area contributed by atoms with Crippen molar-refractivity contribution in [2.45, 2.75) is 25.7 Å². The molecule has 1 amide bonds. The van der Waals surface area contributed by atoms with E-state index in [1.165, 1.54) is 11.1 Å². The number of anilines is 1. The summed E-state index contributed by atoms with van der Waals surface area (Å²) in [6, 6.07) is 27.3. The predicted octanol–water partition coefficient (Wildman–Crippen LogP) is 6.66. The molecule has 1 N–H and O–H groups in total. The largest absolute Gasteiger partial charge is 0.323 e. The molecular weight excluding hydrogens is 513 g/mol. The summed E-state index contributed by atoms with van der Waals surface area (Å²) in [5.41, 5.74) is 4.48. The van der Waals surface area contributed by atoms with E-state index in [-0.39, 0.29) is 30.7 Å². The smallest absolute Gasteiger partial charge is 0.238 e. The van der Waals surface area contributed by atoms with E-state index in [4.69, 9.17) is 11.6 Å². The molecule has 194 valence electrons. The van der Waals surface area contributed by atoms with Gasteiger partial charge >= 0.3 is 0 Å². The predicted molar refractivity (Wildman–Crippen MR) is 156 cm³/mol. The molecule has 3 aromatic carbocycles. The monoisotopic (exact) mass is 547 g/mol. The Labute approximate surface area is 232 Å². The second-order valence-electron chi connectivity index (χ2n) is 9.11. The van der Waals surface area contributed by atoms with Crippen LogP contribution >= 0.6 is 36.4 Å². The van der Waals surface area contributed by atoms with Crippen LogP contribution in [0.1, 0.15) is 35.4 Å². The summed E-state index contributed by atoms with van der Waals surface area (Å²) in [6.45, 7) is 7.28. The highest BCUT2D eigenvalue weighted by molar-refractivity contribution is 6.33. The minimum absolute atomic E-state index is 0. The Bertz CT molecular complexity index is 998. The minimum Gasteiger partial charge on any atom is -0.323 e. The van der Waals surface area contributed by atoms with Crippen LogP contribution in [0, 0.1) is 6.92 Å². The van der Waals surface area contributed by atoms with E-state index in [1.54, 1.807) is 0 Å². The molecule has 1 saturated heterocycles. The lowest BCUT2D eigenvalue weighted by atomic mass is 9.87. The van der Waals surface area contributed by atoms with E-state index >= 15 is 0 Å². The van der Waals surface area contributed by atoms with Crippen molar-refractivity contribution in [3.05, 3.63) is 101 Å². The van der Waals surface area contributed by atoms with Crippen LogP contribution in [0.4, 0.5) is 5.69 Å². The molecule has 0 unspecified atom stereocenters. The van der Waals surface area contributed by atoms with Gasteiger partial charge in [0.25, 0.3) is 0 Å². The first-order valence-electron chi connectivity index (χ1n) is 12.2. The first kappa shape index (κ1) is 30.1. The van der Waals surface area contributed by atoms with Gasteiger partial charge in [0, 0.05) is 32.1 Å². The number of carbonyl (C=O) groups is 1. The molecule has 1 fully saturated rings. The molecule has 0 bridgehead atoms. The van der Waals surface area contributed by atoms with Gasteiger partial charge in [-0.1, -0.05) is 84.4 Å². The number of nitrogens with zero attached hydrogens (tertiary/aromatic N) is 2. The lowest BCUT2D eigenvalue weighted by molar-refractivity contribution is -0.117. The molecule has 0 aliphatic carbocycles. The van der Waals surface area contributed by atoms with Crippen LogP contribution < -0.4 is 5.32 Å². The van der Waals surface area contributed by atoms with Crippen LogP contribution in [-0.2, 0) is 4.79 Å². The quantitative estimate of drug-likeness (QED) is 0.325. The highest BCUT2D eigenvalue weighted by atomic mass is 35.5. The fourth-order valence-electron chi connectivity index (χ4n) is 4.76. The van der Waals surface area contributed by atoms with Gasteiger partial charge in [0.2, 0.25) is 5.91 Å². The van der Waals surface area contributed by atoms with Crippen LogP contribution in [0.15, 0.2) is 78.9 Å². The average Bonchev–Trinajstić information content (AvgIpc) is 2.86. The second kappa shape index (κ2) is 15.2. The van der Waals surface area contributed by atoms with Gasteiger partial charge in [0.05, 0.1) is 17.3 Å². The van der Waals surface area contributed by atoms with E-state index in [9.17, 15) is 4.79 Å². The van der Waals surface area contributed by atoms with E-state index in [0.29, 0.717) is 17.5 Å². The average molecular weight is 549 g/mol. The summed E-state index contributed by atoms with van der Waals surface area (Å²) in [5, 5.41) is 3.57. The third-order valence-corrected chi connectivity index (χ3v) is 7.00. The highest BCUT2D eigenvalue weighted by Gasteiger charge is 2.20. The van der Waals surface area contributed by atoms with Crippen molar-refractivity contribution in [2.75, 3.05) is 44.6 Å². The number of rotatable bonds is 9. The number of carbonyl (C=O) groups excluding carboxylic acids is 1. The molecule has 1 aliphatic heterocycles. The van der Waals surface area contributed by atoms with Crippen LogP contribution in [0.2, 0.25) is 5.02 Å². The third-order valence-electron chi connectivity index (χ3n) is 6.69. The standard InChI is InChI=1S/C29H34ClN3O.2ClH/c1-23-10-8-16-27(30)29(23)31-28(34)22-33-20-18-32(19-21-33)17-9-15-26(24-11-4-2-5-12-24)25-13-6-3-7-14-25;;/h2-8,10-14,16,26H,9,15,17-22H2,1H3,(H,31,34);2*1H. The summed E-state index contributed by atoms with van der Waals surface area (Å²) in [7, 11) is 0. The zero-order valence-electron chi connectivity index (χ0n) is 20.7. The Balaban J connectivity index is 0.00000228. The van der Waals surface area contributed by atoms with E-state index in [0.717, 1.165) is 56.8 Å². The van der Waals surface area contributed by atoms with Crippen molar-refractivity contribution in [3.63, 3.8) is 0 Å². The van der Waals surface area contributed by atoms with Gasteiger partial charge in [-0.3, -0.25) is 9.69 Å². The van der Waals surface area contributed by atoms with Crippen LogP contribution in [0.3, 0.4) is 0 Å². The number of amides is 1. The van der Waals surface area contributed by atoms with Crippen molar-refractivity contribution >= 4 is 48.0 Å². The summed E-state index contributed by atoms with van der Waals surface area (Å²) in [4.78, 5) is 17.3. The normalized spacial score (nSPS) is 14.1. The van der Waals surface area contributed by atoms with Crippen molar-refractivity contribution in [1.29, 1.82) is 0 Å². The maximum atomic E-state index is 12.6. The highest BCUT2D eigenvalue weighted by Crippen LogP contribution is 2.29. The molecule has 0 aromatic heterocycles. The summed E-state index contributed by atoms with van der Waals surface area (Å²) in [6.07, 6.45) is 2.29. The maximum Gasteiger partial charge on any atom is 0.238 e. The number of hydrogen-bond donors (Lipinski definition) is 1.